The molecule has 0 aliphatic carbocycles. The SMILES string of the molecule is O=C(COc1cccc(Br)c1)N1C[C@H]2CNC[C@H]2C1. The molecule has 0 bridgehead atoms. The van der Waals surface area contributed by atoms with Crippen LogP contribution in [0.2, 0.25) is 0 Å². The van der Waals surface area contributed by atoms with E-state index in [1.807, 2.05) is 29.2 Å². The van der Waals surface area contributed by atoms with E-state index < -0.39 is 0 Å². The lowest BCUT2D eigenvalue weighted by molar-refractivity contribution is -0.132. The molecule has 2 atom stereocenters. The number of benzene rings is 1. The first-order valence-corrected chi connectivity index (χ1v) is 7.38. The van der Waals surface area contributed by atoms with Crippen LogP contribution >= 0.6 is 15.9 Å². The van der Waals surface area contributed by atoms with E-state index in [2.05, 4.69) is 21.2 Å². The van der Waals surface area contributed by atoms with Gasteiger partial charge in [0, 0.05) is 30.7 Å². The lowest BCUT2D eigenvalue weighted by Crippen LogP contribution is -2.35. The minimum Gasteiger partial charge on any atom is -0.484 e. The molecular formula is C14H17BrN2O2. The van der Waals surface area contributed by atoms with Crippen molar-refractivity contribution in [3.63, 3.8) is 0 Å². The van der Waals surface area contributed by atoms with Crippen LogP contribution in [0.5, 0.6) is 5.75 Å². The van der Waals surface area contributed by atoms with E-state index in [1.54, 1.807) is 0 Å². The number of likely N-dealkylation sites (tertiary alicyclic amines) is 1. The van der Waals surface area contributed by atoms with Gasteiger partial charge in [0.2, 0.25) is 0 Å². The minimum absolute atomic E-state index is 0.0920. The molecule has 0 spiro atoms. The molecule has 2 fully saturated rings. The molecule has 2 aliphatic rings. The average Bonchev–Trinajstić information content (AvgIpc) is 2.96. The Morgan fingerprint density at radius 3 is 2.79 bits per heavy atom. The Kier molecular flexibility index (Phi) is 3.75. The van der Waals surface area contributed by atoms with Crippen LogP contribution in [0.25, 0.3) is 0 Å². The normalized spacial score (nSPS) is 25.4. The average molecular weight is 325 g/mol. The van der Waals surface area contributed by atoms with Crippen molar-refractivity contribution >= 4 is 21.8 Å². The fraction of sp³-hybridized carbons (Fsp3) is 0.500. The number of nitrogens with zero attached hydrogens (tertiary/aromatic N) is 1. The lowest BCUT2D eigenvalue weighted by atomic mass is 10.0. The molecule has 2 aliphatic heterocycles. The fourth-order valence-electron chi connectivity index (χ4n) is 2.85. The van der Waals surface area contributed by atoms with Crippen molar-refractivity contribution in [2.24, 2.45) is 11.8 Å². The van der Waals surface area contributed by atoms with Crippen LogP contribution < -0.4 is 10.1 Å². The molecule has 1 amide bonds. The maximum atomic E-state index is 12.1. The third-order valence-corrected chi connectivity index (χ3v) is 4.39. The monoisotopic (exact) mass is 324 g/mol. The van der Waals surface area contributed by atoms with Gasteiger partial charge < -0.3 is 15.0 Å². The largest absolute Gasteiger partial charge is 0.484 e. The van der Waals surface area contributed by atoms with Gasteiger partial charge in [0.05, 0.1) is 0 Å². The van der Waals surface area contributed by atoms with Crippen molar-refractivity contribution in [3.8, 4) is 5.75 Å². The summed E-state index contributed by atoms with van der Waals surface area (Å²) in [7, 11) is 0. The Hall–Kier alpha value is -1.07. The van der Waals surface area contributed by atoms with Crippen LogP contribution in [-0.2, 0) is 4.79 Å². The number of halogens is 1. The van der Waals surface area contributed by atoms with Crippen LogP contribution in [0.4, 0.5) is 0 Å². The summed E-state index contributed by atoms with van der Waals surface area (Å²) in [6.45, 7) is 3.96. The first-order valence-electron chi connectivity index (χ1n) is 6.59. The molecule has 2 heterocycles. The zero-order valence-electron chi connectivity index (χ0n) is 10.6. The van der Waals surface area contributed by atoms with Gasteiger partial charge in [0.15, 0.2) is 6.61 Å². The molecule has 1 aromatic carbocycles. The molecular weight excluding hydrogens is 308 g/mol. The summed E-state index contributed by atoms with van der Waals surface area (Å²) in [5.74, 6) is 2.09. The number of rotatable bonds is 3. The molecule has 0 aromatic heterocycles. The Morgan fingerprint density at radius 2 is 2.11 bits per heavy atom. The maximum Gasteiger partial charge on any atom is 0.260 e. The first-order chi connectivity index (χ1) is 9.22. The van der Waals surface area contributed by atoms with E-state index in [4.69, 9.17) is 4.74 Å². The van der Waals surface area contributed by atoms with Crippen molar-refractivity contribution in [1.29, 1.82) is 0 Å². The summed E-state index contributed by atoms with van der Waals surface area (Å²) in [6, 6.07) is 7.57. The summed E-state index contributed by atoms with van der Waals surface area (Å²) in [5, 5.41) is 3.37. The molecule has 2 saturated heterocycles. The Labute approximate surface area is 121 Å². The van der Waals surface area contributed by atoms with Crippen molar-refractivity contribution < 1.29 is 9.53 Å². The molecule has 1 aromatic rings. The zero-order valence-corrected chi connectivity index (χ0v) is 12.2. The summed E-state index contributed by atoms with van der Waals surface area (Å²) < 4.78 is 6.50. The van der Waals surface area contributed by atoms with E-state index in [9.17, 15) is 4.79 Å². The molecule has 0 unspecified atom stereocenters. The molecule has 0 saturated carbocycles. The van der Waals surface area contributed by atoms with Gasteiger partial charge in [-0.2, -0.15) is 0 Å². The molecule has 3 rings (SSSR count). The van der Waals surface area contributed by atoms with Crippen LogP contribution in [0.1, 0.15) is 0 Å². The molecule has 0 radical (unpaired) electrons. The fourth-order valence-corrected chi connectivity index (χ4v) is 3.23. The van der Waals surface area contributed by atoms with Crippen LogP contribution in [-0.4, -0.2) is 43.6 Å². The van der Waals surface area contributed by atoms with Crippen molar-refractivity contribution in [1.82, 2.24) is 10.2 Å². The summed E-state index contributed by atoms with van der Waals surface area (Å²) >= 11 is 3.39. The highest BCUT2D eigenvalue weighted by Crippen LogP contribution is 2.26. The van der Waals surface area contributed by atoms with Gasteiger partial charge in [0.1, 0.15) is 5.75 Å². The van der Waals surface area contributed by atoms with Crippen molar-refractivity contribution in [2.45, 2.75) is 0 Å². The lowest BCUT2D eigenvalue weighted by Gasteiger charge is -2.17. The third-order valence-electron chi connectivity index (χ3n) is 3.90. The highest BCUT2D eigenvalue weighted by atomic mass is 79.9. The molecule has 19 heavy (non-hydrogen) atoms. The number of carbonyl (C=O) groups is 1. The second-order valence-electron chi connectivity index (χ2n) is 5.22. The number of amides is 1. The van der Waals surface area contributed by atoms with Crippen LogP contribution in [0, 0.1) is 11.8 Å². The Balaban J connectivity index is 1.52. The number of carbonyl (C=O) groups excluding carboxylic acids is 1. The van der Waals surface area contributed by atoms with E-state index in [0.29, 0.717) is 11.8 Å². The highest BCUT2D eigenvalue weighted by molar-refractivity contribution is 9.10. The zero-order chi connectivity index (χ0) is 13.2. The first kappa shape index (κ1) is 12.9. The minimum atomic E-state index is 0.0920. The van der Waals surface area contributed by atoms with Gasteiger partial charge in [-0.05, 0) is 30.0 Å². The second-order valence-corrected chi connectivity index (χ2v) is 6.14. The van der Waals surface area contributed by atoms with Gasteiger partial charge in [-0.15, -0.1) is 0 Å². The van der Waals surface area contributed by atoms with Gasteiger partial charge in [-0.25, -0.2) is 0 Å². The topological polar surface area (TPSA) is 41.6 Å². The van der Waals surface area contributed by atoms with Gasteiger partial charge >= 0.3 is 0 Å². The van der Waals surface area contributed by atoms with Crippen LogP contribution in [0.15, 0.2) is 28.7 Å². The predicted molar refractivity (Wildman–Crippen MR) is 76.1 cm³/mol. The summed E-state index contributed by atoms with van der Waals surface area (Å²) in [5.41, 5.74) is 0. The van der Waals surface area contributed by atoms with E-state index in [-0.39, 0.29) is 12.5 Å². The second kappa shape index (κ2) is 5.51. The number of ether oxygens (including phenoxy) is 1. The van der Waals surface area contributed by atoms with Crippen molar-refractivity contribution in [3.05, 3.63) is 28.7 Å². The standard InChI is InChI=1S/C14H17BrN2O2/c15-12-2-1-3-13(4-12)19-9-14(18)17-7-10-5-16-6-11(10)8-17/h1-4,10-11,16H,5-9H2/t10-,11+. The number of hydrogen-bond donors (Lipinski definition) is 1. The maximum absolute atomic E-state index is 12.1. The Morgan fingerprint density at radius 1 is 1.37 bits per heavy atom. The third kappa shape index (κ3) is 2.92. The predicted octanol–water partition coefficient (Wildman–Crippen LogP) is 1.51. The van der Waals surface area contributed by atoms with Gasteiger partial charge in [-0.1, -0.05) is 22.0 Å². The quantitative estimate of drug-likeness (QED) is 0.916. The number of fused-ring (bicyclic) bond motifs is 1. The summed E-state index contributed by atoms with van der Waals surface area (Å²) in [4.78, 5) is 14.0. The number of hydrogen-bond acceptors (Lipinski definition) is 3. The highest BCUT2D eigenvalue weighted by Gasteiger charge is 2.37. The molecule has 1 N–H and O–H groups in total. The number of nitrogens with one attached hydrogen (secondary N) is 1. The molecule has 5 heteroatoms. The van der Waals surface area contributed by atoms with Crippen molar-refractivity contribution in [2.75, 3.05) is 32.8 Å². The van der Waals surface area contributed by atoms with Gasteiger partial charge in [-0.3, -0.25) is 4.79 Å². The molecule has 4 nitrogen and oxygen atoms in total. The summed E-state index contributed by atoms with van der Waals surface area (Å²) in [6.07, 6.45) is 0. The van der Waals surface area contributed by atoms with Gasteiger partial charge in [0.25, 0.3) is 5.91 Å². The van der Waals surface area contributed by atoms with E-state index >= 15 is 0 Å². The van der Waals surface area contributed by atoms with E-state index in [1.165, 1.54) is 0 Å². The molecule has 102 valence electrons. The Bertz CT molecular complexity index is 468. The smallest absolute Gasteiger partial charge is 0.260 e. The van der Waals surface area contributed by atoms with Crippen LogP contribution in [0.3, 0.4) is 0 Å². The van der Waals surface area contributed by atoms with E-state index in [0.717, 1.165) is 36.4 Å².